The Balaban J connectivity index is 1.43. The Morgan fingerprint density at radius 2 is 2.11 bits per heavy atom. The number of amides is 3. The van der Waals surface area contributed by atoms with Crippen LogP contribution < -0.4 is 16.0 Å². The Morgan fingerprint density at radius 1 is 1.26 bits per heavy atom. The van der Waals surface area contributed by atoms with Gasteiger partial charge in [0.15, 0.2) is 0 Å². The maximum Gasteiger partial charge on any atom is 0.255 e. The third-order valence-corrected chi connectivity index (χ3v) is 5.54. The van der Waals surface area contributed by atoms with Gasteiger partial charge in [-0.2, -0.15) is 0 Å². The SMILES string of the molecule is O=C1CCC(N2Cc3cccc(CNC[C@H]4C[C@@H](O)CN4)c3C2=O)C(=O)N1. The molecule has 3 heterocycles. The van der Waals surface area contributed by atoms with Crippen LogP contribution in [-0.4, -0.2) is 59.0 Å². The fourth-order valence-corrected chi connectivity index (χ4v) is 4.17. The average Bonchev–Trinajstić information content (AvgIpc) is 3.19. The van der Waals surface area contributed by atoms with Crippen LogP contribution in [0.15, 0.2) is 18.2 Å². The molecule has 3 atom stereocenters. The van der Waals surface area contributed by atoms with Crippen molar-refractivity contribution in [2.24, 2.45) is 0 Å². The Bertz CT molecular complexity index is 781. The fraction of sp³-hybridized carbons (Fsp3) is 0.526. The monoisotopic (exact) mass is 372 g/mol. The van der Waals surface area contributed by atoms with Crippen molar-refractivity contribution in [3.8, 4) is 0 Å². The largest absolute Gasteiger partial charge is 0.392 e. The van der Waals surface area contributed by atoms with Crippen LogP contribution >= 0.6 is 0 Å². The minimum absolute atomic E-state index is 0.147. The summed E-state index contributed by atoms with van der Waals surface area (Å²) in [5.74, 6) is -0.819. The van der Waals surface area contributed by atoms with Crippen LogP contribution in [0.5, 0.6) is 0 Å². The predicted molar refractivity (Wildman–Crippen MR) is 96.6 cm³/mol. The molecule has 2 fully saturated rings. The second kappa shape index (κ2) is 7.38. The molecule has 144 valence electrons. The summed E-state index contributed by atoms with van der Waals surface area (Å²) in [4.78, 5) is 38.1. The minimum Gasteiger partial charge on any atom is -0.392 e. The molecule has 0 bridgehead atoms. The third-order valence-electron chi connectivity index (χ3n) is 5.54. The Morgan fingerprint density at radius 3 is 2.85 bits per heavy atom. The van der Waals surface area contributed by atoms with Crippen molar-refractivity contribution in [2.45, 2.75) is 50.5 Å². The number of imide groups is 1. The van der Waals surface area contributed by atoms with Gasteiger partial charge in [0.05, 0.1) is 6.10 Å². The van der Waals surface area contributed by atoms with Crippen LogP contribution in [0.3, 0.4) is 0 Å². The Kier molecular flexibility index (Phi) is 4.94. The van der Waals surface area contributed by atoms with Gasteiger partial charge in [0.2, 0.25) is 11.8 Å². The van der Waals surface area contributed by atoms with Gasteiger partial charge in [0, 0.05) is 44.2 Å². The van der Waals surface area contributed by atoms with Crippen molar-refractivity contribution in [1.82, 2.24) is 20.9 Å². The number of carbonyl (C=O) groups excluding carboxylic acids is 3. The standard InChI is InChI=1S/C19H24N4O4/c24-14-6-13(21-9-14)8-20-7-11-2-1-3-12-10-23(19(27)17(11)12)15-4-5-16(25)22-18(15)26/h1-3,13-15,20-21,24H,4-10H2,(H,22,25,26)/t13-,14-,15?/m1/s1. The van der Waals surface area contributed by atoms with E-state index in [4.69, 9.17) is 0 Å². The van der Waals surface area contributed by atoms with Crippen LogP contribution in [0.1, 0.15) is 40.7 Å². The van der Waals surface area contributed by atoms with Crippen molar-refractivity contribution >= 4 is 17.7 Å². The van der Waals surface area contributed by atoms with E-state index in [9.17, 15) is 19.5 Å². The van der Waals surface area contributed by atoms with Gasteiger partial charge in [-0.25, -0.2) is 0 Å². The number of hydrogen-bond donors (Lipinski definition) is 4. The molecule has 1 aromatic rings. The van der Waals surface area contributed by atoms with E-state index in [1.54, 1.807) is 4.90 Å². The predicted octanol–water partition coefficient (Wildman–Crippen LogP) is -0.740. The molecule has 0 saturated carbocycles. The first-order chi connectivity index (χ1) is 13.0. The third kappa shape index (κ3) is 3.60. The molecular weight excluding hydrogens is 348 g/mol. The maximum atomic E-state index is 13.0. The maximum absolute atomic E-state index is 13.0. The molecule has 0 aliphatic carbocycles. The van der Waals surface area contributed by atoms with Gasteiger partial charge in [-0.3, -0.25) is 19.7 Å². The molecule has 1 unspecified atom stereocenters. The van der Waals surface area contributed by atoms with Crippen LogP contribution in [0.25, 0.3) is 0 Å². The number of aliphatic hydroxyl groups is 1. The lowest BCUT2D eigenvalue weighted by Crippen LogP contribution is -2.52. The van der Waals surface area contributed by atoms with Crippen LogP contribution in [0.2, 0.25) is 0 Å². The first-order valence-electron chi connectivity index (χ1n) is 9.40. The number of hydrogen-bond acceptors (Lipinski definition) is 6. The number of piperidine rings is 1. The van der Waals surface area contributed by atoms with E-state index in [0.29, 0.717) is 38.2 Å². The lowest BCUT2D eigenvalue weighted by molar-refractivity contribution is -0.136. The summed E-state index contributed by atoms with van der Waals surface area (Å²) in [5.41, 5.74) is 2.48. The summed E-state index contributed by atoms with van der Waals surface area (Å²) in [6.45, 7) is 2.27. The number of carbonyl (C=O) groups is 3. The van der Waals surface area contributed by atoms with Gasteiger partial charge in [0.1, 0.15) is 6.04 Å². The van der Waals surface area contributed by atoms with Crippen molar-refractivity contribution in [1.29, 1.82) is 0 Å². The van der Waals surface area contributed by atoms with Gasteiger partial charge >= 0.3 is 0 Å². The van der Waals surface area contributed by atoms with Crippen molar-refractivity contribution in [2.75, 3.05) is 13.1 Å². The number of nitrogens with zero attached hydrogens (tertiary/aromatic N) is 1. The zero-order valence-electron chi connectivity index (χ0n) is 15.0. The molecule has 8 nitrogen and oxygen atoms in total. The summed E-state index contributed by atoms with van der Waals surface area (Å²) < 4.78 is 0. The number of β-amino-alcohol motifs (C(OH)–C–C–N with tert-alkyl or cyclic N) is 1. The highest BCUT2D eigenvalue weighted by Gasteiger charge is 2.39. The molecule has 4 N–H and O–H groups in total. The molecule has 3 aliphatic rings. The first-order valence-corrected chi connectivity index (χ1v) is 9.40. The van der Waals surface area contributed by atoms with E-state index in [1.807, 2.05) is 18.2 Å². The number of fused-ring (bicyclic) bond motifs is 1. The minimum atomic E-state index is -0.590. The Labute approximate surface area is 157 Å². The van der Waals surface area contributed by atoms with Gasteiger partial charge in [-0.05, 0) is 24.0 Å². The second-order valence-corrected chi connectivity index (χ2v) is 7.48. The summed E-state index contributed by atoms with van der Waals surface area (Å²) in [6.07, 6.45) is 1.06. The molecule has 3 aliphatic heterocycles. The lowest BCUT2D eigenvalue weighted by atomic mass is 10.0. The van der Waals surface area contributed by atoms with Crippen molar-refractivity contribution < 1.29 is 19.5 Å². The summed E-state index contributed by atoms with van der Waals surface area (Å²) >= 11 is 0. The summed E-state index contributed by atoms with van der Waals surface area (Å²) in [6, 6.07) is 5.40. The smallest absolute Gasteiger partial charge is 0.255 e. The topological polar surface area (TPSA) is 111 Å². The molecule has 27 heavy (non-hydrogen) atoms. The average molecular weight is 372 g/mol. The molecule has 3 amide bonds. The van der Waals surface area contributed by atoms with E-state index >= 15 is 0 Å². The van der Waals surface area contributed by atoms with Crippen molar-refractivity contribution in [3.63, 3.8) is 0 Å². The molecule has 1 aromatic carbocycles. The zero-order valence-corrected chi connectivity index (χ0v) is 15.0. The van der Waals surface area contributed by atoms with E-state index < -0.39 is 11.9 Å². The van der Waals surface area contributed by atoms with Crippen LogP contribution in [-0.2, 0) is 22.7 Å². The number of nitrogens with one attached hydrogen (secondary N) is 3. The normalized spacial score (nSPS) is 27.8. The number of aliphatic hydroxyl groups excluding tert-OH is 1. The zero-order chi connectivity index (χ0) is 19.0. The lowest BCUT2D eigenvalue weighted by Gasteiger charge is -2.29. The highest BCUT2D eigenvalue weighted by molar-refractivity contribution is 6.05. The molecule has 0 radical (unpaired) electrons. The van der Waals surface area contributed by atoms with Crippen LogP contribution in [0, 0.1) is 0 Å². The molecule has 0 aromatic heterocycles. The fourth-order valence-electron chi connectivity index (χ4n) is 4.17. The molecule has 4 rings (SSSR count). The van der Waals surface area contributed by atoms with E-state index in [1.165, 1.54) is 0 Å². The van der Waals surface area contributed by atoms with Gasteiger partial charge in [-0.1, -0.05) is 18.2 Å². The Hall–Kier alpha value is -2.29. The first kappa shape index (κ1) is 18.1. The summed E-state index contributed by atoms with van der Waals surface area (Å²) in [5, 5.41) is 18.5. The van der Waals surface area contributed by atoms with E-state index in [0.717, 1.165) is 17.5 Å². The molecular formula is C19H24N4O4. The second-order valence-electron chi connectivity index (χ2n) is 7.48. The van der Waals surface area contributed by atoms with Gasteiger partial charge < -0.3 is 20.6 Å². The summed E-state index contributed by atoms with van der Waals surface area (Å²) in [7, 11) is 0. The van der Waals surface area contributed by atoms with Crippen molar-refractivity contribution in [3.05, 3.63) is 34.9 Å². The molecule has 0 spiro atoms. The highest BCUT2D eigenvalue weighted by atomic mass is 16.3. The quantitative estimate of drug-likeness (QED) is 0.507. The van der Waals surface area contributed by atoms with E-state index in [2.05, 4.69) is 16.0 Å². The van der Waals surface area contributed by atoms with Gasteiger partial charge in [-0.15, -0.1) is 0 Å². The molecule has 8 heteroatoms. The van der Waals surface area contributed by atoms with Crippen LogP contribution in [0.4, 0.5) is 0 Å². The van der Waals surface area contributed by atoms with Gasteiger partial charge in [0.25, 0.3) is 5.91 Å². The number of rotatable bonds is 5. The highest BCUT2D eigenvalue weighted by Crippen LogP contribution is 2.29. The van der Waals surface area contributed by atoms with E-state index in [-0.39, 0.29) is 30.4 Å². The molecule has 2 saturated heterocycles. The number of benzene rings is 1.